The first-order valence-electron chi connectivity index (χ1n) is 26.3. The van der Waals surface area contributed by atoms with Crippen LogP contribution in [0.2, 0.25) is 0 Å². The Morgan fingerprint density at radius 2 is 0.644 bits per heavy atom. The summed E-state index contributed by atoms with van der Waals surface area (Å²) in [5.74, 6) is 0.848. The molecule has 6 nitrogen and oxygen atoms in total. The highest BCUT2D eigenvalue weighted by Crippen LogP contribution is 2.18. The van der Waals surface area contributed by atoms with Gasteiger partial charge in [0, 0.05) is 19.3 Å². The molecule has 59 heavy (non-hydrogen) atoms. The van der Waals surface area contributed by atoms with Crippen LogP contribution in [-0.4, -0.2) is 37.2 Å². The number of rotatable bonds is 47. The molecular weight excluding hydrogens is 733 g/mol. The summed E-state index contributed by atoms with van der Waals surface area (Å²) in [6.45, 7) is 11.4. The van der Waals surface area contributed by atoms with E-state index >= 15 is 0 Å². The van der Waals surface area contributed by atoms with Gasteiger partial charge >= 0.3 is 17.9 Å². The van der Waals surface area contributed by atoms with E-state index in [0.29, 0.717) is 19.3 Å². The van der Waals surface area contributed by atoms with Crippen LogP contribution < -0.4 is 0 Å². The summed E-state index contributed by atoms with van der Waals surface area (Å²) in [6.07, 6.45) is 46.6. The first kappa shape index (κ1) is 57.4. The maximum absolute atomic E-state index is 12.8. The van der Waals surface area contributed by atoms with Gasteiger partial charge in [0.25, 0.3) is 0 Å². The Bertz CT molecular complexity index is 902. The smallest absolute Gasteiger partial charge is 0.306 e. The van der Waals surface area contributed by atoms with Gasteiger partial charge in [-0.25, -0.2) is 0 Å². The van der Waals surface area contributed by atoms with Crippen molar-refractivity contribution in [3.8, 4) is 0 Å². The lowest BCUT2D eigenvalue weighted by atomic mass is 9.99. The zero-order valence-corrected chi connectivity index (χ0v) is 40.4. The van der Waals surface area contributed by atoms with E-state index in [1.807, 2.05) is 0 Å². The standard InChI is InChI=1S/C53H102O6/c1-6-8-9-10-11-12-22-28-33-38-43-51(54)57-46-50(59-53(56)45-40-35-30-25-24-27-32-37-42-49(5)7-2)47-58-52(55)44-39-34-29-23-20-18-16-14-13-15-17-19-21-26-31-36-41-48(3)4/h48-50H,6-47H2,1-5H3/t49?,50-/m0/s1. The predicted octanol–water partition coefficient (Wildman–Crippen LogP) is 16.9. The summed E-state index contributed by atoms with van der Waals surface area (Å²) in [5.41, 5.74) is 0. The van der Waals surface area contributed by atoms with Crippen molar-refractivity contribution in [2.24, 2.45) is 11.8 Å². The minimum Gasteiger partial charge on any atom is -0.462 e. The molecule has 0 aromatic carbocycles. The van der Waals surface area contributed by atoms with Crippen molar-refractivity contribution in [3.63, 3.8) is 0 Å². The van der Waals surface area contributed by atoms with Gasteiger partial charge in [0.2, 0.25) is 0 Å². The van der Waals surface area contributed by atoms with Gasteiger partial charge in [0.05, 0.1) is 0 Å². The fraction of sp³-hybridized carbons (Fsp3) is 0.943. The van der Waals surface area contributed by atoms with Crippen LogP contribution in [0.15, 0.2) is 0 Å². The Morgan fingerprint density at radius 1 is 0.356 bits per heavy atom. The summed E-state index contributed by atoms with van der Waals surface area (Å²) in [6, 6.07) is 0. The van der Waals surface area contributed by atoms with E-state index in [-0.39, 0.29) is 31.1 Å². The third-order valence-electron chi connectivity index (χ3n) is 12.3. The third kappa shape index (κ3) is 45.8. The second-order valence-corrected chi connectivity index (χ2v) is 18.9. The van der Waals surface area contributed by atoms with Crippen LogP contribution in [0.25, 0.3) is 0 Å². The lowest BCUT2D eigenvalue weighted by Crippen LogP contribution is -2.30. The zero-order chi connectivity index (χ0) is 43.3. The molecular formula is C53H102O6. The summed E-state index contributed by atoms with van der Waals surface area (Å²) in [7, 11) is 0. The maximum Gasteiger partial charge on any atom is 0.306 e. The number of hydrogen-bond donors (Lipinski definition) is 0. The summed E-state index contributed by atoms with van der Waals surface area (Å²) in [5, 5.41) is 0. The number of carbonyl (C=O) groups excluding carboxylic acids is 3. The molecule has 0 aliphatic heterocycles. The fourth-order valence-electron chi connectivity index (χ4n) is 7.96. The molecule has 0 radical (unpaired) electrons. The molecule has 0 heterocycles. The highest BCUT2D eigenvalue weighted by molar-refractivity contribution is 5.71. The van der Waals surface area contributed by atoms with Crippen molar-refractivity contribution < 1.29 is 28.6 Å². The van der Waals surface area contributed by atoms with E-state index in [1.54, 1.807) is 0 Å². The summed E-state index contributed by atoms with van der Waals surface area (Å²) >= 11 is 0. The van der Waals surface area contributed by atoms with Gasteiger partial charge in [-0.1, -0.05) is 253 Å². The second kappa shape index (κ2) is 45.9. The molecule has 350 valence electrons. The van der Waals surface area contributed by atoms with Crippen molar-refractivity contribution in [2.75, 3.05) is 13.2 Å². The van der Waals surface area contributed by atoms with Crippen molar-refractivity contribution in [1.82, 2.24) is 0 Å². The second-order valence-electron chi connectivity index (χ2n) is 18.9. The first-order chi connectivity index (χ1) is 28.8. The molecule has 0 saturated carbocycles. The lowest BCUT2D eigenvalue weighted by Gasteiger charge is -2.18. The van der Waals surface area contributed by atoms with Crippen molar-refractivity contribution >= 4 is 17.9 Å². The number of hydrogen-bond acceptors (Lipinski definition) is 6. The minimum absolute atomic E-state index is 0.0639. The van der Waals surface area contributed by atoms with Crippen molar-refractivity contribution in [1.29, 1.82) is 0 Å². The molecule has 0 spiro atoms. The lowest BCUT2D eigenvalue weighted by molar-refractivity contribution is -0.167. The Balaban J connectivity index is 4.24. The van der Waals surface area contributed by atoms with Gasteiger partial charge in [0.1, 0.15) is 13.2 Å². The average molecular weight is 835 g/mol. The summed E-state index contributed by atoms with van der Waals surface area (Å²) < 4.78 is 16.8. The predicted molar refractivity (Wildman–Crippen MR) is 252 cm³/mol. The van der Waals surface area contributed by atoms with Gasteiger partial charge in [-0.3, -0.25) is 14.4 Å². The summed E-state index contributed by atoms with van der Waals surface area (Å²) in [4.78, 5) is 37.9. The molecule has 6 heteroatoms. The quantitative estimate of drug-likeness (QED) is 0.0345. The van der Waals surface area contributed by atoms with Crippen molar-refractivity contribution in [2.45, 2.75) is 298 Å². The Kier molecular flexibility index (Phi) is 44.7. The maximum atomic E-state index is 12.8. The van der Waals surface area contributed by atoms with Gasteiger partial charge in [0.15, 0.2) is 6.10 Å². The van der Waals surface area contributed by atoms with Crippen LogP contribution in [0.1, 0.15) is 291 Å². The zero-order valence-electron chi connectivity index (χ0n) is 40.4. The number of carbonyl (C=O) groups is 3. The normalized spacial score (nSPS) is 12.5. The topological polar surface area (TPSA) is 78.9 Å². The largest absolute Gasteiger partial charge is 0.462 e. The first-order valence-corrected chi connectivity index (χ1v) is 26.3. The molecule has 0 aromatic heterocycles. The van der Waals surface area contributed by atoms with Crippen molar-refractivity contribution in [3.05, 3.63) is 0 Å². The van der Waals surface area contributed by atoms with Gasteiger partial charge in [-0.05, 0) is 31.1 Å². The molecule has 0 aromatic rings. The van der Waals surface area contributed by atoms with E-state index < -0.39 is 6.10 Å². The average Bonchev–Trinajstić information content (AvgIpc) is 3.22. The Hall–Kier alpha value is -1.59. The SMILES string of the molecule is CCCCCCCCCCCCC(=O)OC[C@@H](COC(=O)CCCCCCCCCCCCCCCCCCC(C)C)OC(=O)CCCCCCCCCCC(C)CC. The van der Waals surface area contributed by atoms with Crippen LogP contribution in [-0.2, 0) is 28.6 Å². The monoisotopic (exact) mass is 835 g/mol. The van der Waals surface area contributed by atoms with E-state index in [4.69, 9.17) is 14.2 Å². The van der Waals surface area contributed by atoms with Crippen LogP contribution in [0.4, 0.5) is 0 Å². The molecule has 0 amide bonds. The molecule has 2 atom stereocenters. The molecule has 0 rings (SSSR count). The molecule has 0 aliphatic rings. The fourth-order valence-corrected chi connectivity index (χ4v) is 7.96. The highest BCUT2D eigenvalue weighted by Gasteiger charge is 2.19. The third-order valence-corrected chi connectivity index (χ3v) is 12.3. The Morgan fingerprint density at radius 3 is 0.966 bits per heavy atom. The molecule has 0 aliphatic carbocycles. The van der Waals surface area contributed by atoms with Crippen LogP contribution >= 0.6 is 0 Å². The number of unbranched alkanes of at least 4 members (excludes halogenated alkanes) is 31. The molecule has 0 bridgehead atoms. The van der Waals surface area contributed by atoms with E-state index in [2.05, 4.69) is 34.6 Å². The van der Waals surface area contributed by atoms with Crippen LogP contribution in [0.3, 0.4) is 0 Å². The van der Waals surface area contributed by atoms with Crippen LogP contribution in [0, 0.1) is 11.8 Å². The van der Waals surface area contributed by atoms with E-state index in [1.165, 1.54) is 180 Å². The molecule has 1 unspecified atom stereocenters. The van der Waals surface area contributed by atoms with E-state index in [0.717, 1.165) is 69.6 Å². The van der Waals surface area contributed by atoms with E-state index in [9.17, 15) is 14.4 Å². The molecule has 0 N–H and O–H groups in total. The Labute approximate surface area is 368 Å². The molecule has 0 fully saturated rings. The van der Waals surface area contributed by atoms with Gasteiger partial charge in [-0.2, -0.15) is 0 Å². The minimum atomic E-state index is -0.761. The van der Waals surface area contributed by atoms with Crippen LogP contribution in [0.5, 0.6) is 0 Å². The molecule has 0 saturated heterocycles. The number of esters is 3. The highest BCUT2D eigenvalue weighted by atomic mass is 16.6. The van der Waals surface area contributed by atoms with Gasteiger partial charge in [-0.15, -0.1) is 0 Å². The van der Waals surface area contributed by atoms with Gasteiger partial charge < -0.3 is 14.2 Å². The number of ether oxygens (including phenoxy) is 3.